The molecule has 108 valence electrons. The molecule has 2 fully saturated rings. The Morgan fingerprint density at radius 1 is 1.30 bits per heavy atom. The molecule has 20 heavy (non-hydrogen) atoms. The SMILES string of the molecule is NC(=O)c1ccc(OC2COC3(CCNCC3)C2)cc1. The monoisotopic (exact) mass is 276 g/mol. The number of amides is 1. The second kappa shape index (κ2) is 5.42. The fourth-order valence-corrected chi connectivity index (χ4v) is 3.00. The molecule has 5 heteroatoms. The molecule has 1 spiro atoms. The van der Waals surface area contributed by atoms with Gasteiger partial charge in [0, 0.05) is 12.0 Å². The molecule has 0 bridgehead atoms. The Balaban J connectivity index is 1.60. The maximum absolute atomic E-state index is 11.0. The topological polar surface area (TPSA) is 73.6 Å². The lowest BCUT2D eigenvalue weighted by molar-refractivity contribution is -0.0205. The van der Waals surface area contributed by atoms with E-state index in [9.17, 15) is 4.79 Å². The largest absolute Gasteiger partial charge is 0.488 e. The van der Waals surface area contributed by atoms with Gasteiger partial charge in [0.15, 0.2) is 0 Å². The highest BCUT2D eigenvalue weighted by atomic mass is 16.6. The highest BCUT2D eigenvalue weighted by Gasteiger charge is 2.42. The van der Waals surface area contributed by atoms with E-state index in [4.69, 9.17) is 15.2 Å². The Labute approximate surface area is 118 Å². The van der Waals surface area contributed by atoms with Gasteiger partial charge in [-0.2, -0.15) is 0 Å². The molecule has 1 aromatic rings. The average Bonchev–Trinajstić information content (AvgIpc) is 2.83. The first kappa shape index (κ1) is 13.4. The van der Waals surface area contributed by atoms with Crippen molar-refractivity contribution in [2.75, 3.05) is 19.7 Å². The maximum atomic E-state index is 11.0. The van der Waals surface area contributed by atoms with Gasteiger partial charge in [-0.1, -0.05) is 0 Å². The molecule has 0 aromatic heterocycles. The summed E-state index contributed by atoms with van der Waals surface area (Å²) in [6, 6.07) is 6.95. The number of nitrogens with one attached hydrogen (secondary N) is 1. The van der Waals surface area contributed by atoms with Gasteiger partial charge in [-0.05, 0) is 50.2 Å². The number of primary amides is 1. The summed E-state index contributed by atoms with van der Waals surface area (Å²) in [4.78, 5) is 11.0. The summed E-state index contributed by atoms with van der Waals surface area (Å²) >= 11 is 0. The van der Waals surface area contributed by atoms with Crippen molar-refractivity contribution < 1.29 is 14.3 Å². The van der Waals surface area contributed by atoms with Crippen LogP contribution in [0.2, 0.25) is 0 Å². The molecule has 3 N–H and O–H groups in total. The van der Waals surface area contributed by atoms with Gasteiger partial charge in [0.1, 0.15) is 11.9 Å². The van der Waals surface area contributed by atoms with Gasteiger partial charge in [0.05, 0.1) is 12.2 Å². The molecule has 1 unspecified atom stereocenters. The molecule has 2 saturated heterocycles. The minimum atomic E-state index is -0.422. The molecule has 1 atom stereocenters. The van der Waals surface area contributed by atoms with Gasteiger partial charge in [-0.25, -0.2) is 0 Å². The van der Waals surface area contributed by atoms with Crippen LogP contribution in [-0.2, 0) is 4.74 Å². The van der Waals surface area contributed by atoms with E-state index in [0.717, 1.165) is 38.1 Å². The zero-order valence-electron chi connectivity index (χ0n) is 11.4. The third-order valence-corrected chi connectivity index (χ3v) is 4.13. The molecule has 0 radical (unpaired) electrons. The van der Waals surface area contributed by atoms with Crippen LogP contribution in [0.5, 0.6) is 5.75 Å². The smallest absolute Gasteiger partial charge is 0.248 e. The van der Waals surface area contributed by atoms with E-state index in [1.54, 1.807) is 24.3 Å². The minimum Gasteiger partial charge on any atom is -0.488 e. The van der Waals surface area contributed by atoms with Gasteiger partial charge in [0.2, 0.25) is 5.91 Å². The molecule has 1 aromatic carbocycles. The van der Waals surface area contributed by atoms with Crippen LogP contribution in [0.15, 0.2) is 24.3 Å². The van der Waals surface area contributed by atoms with Crippen LogP contribution in [0.3, 0.4) is 0 Å². The average molecular weight is 276 g/mol. The summed E-state index contributed by atoms with van der Waals surface area (Å²) in [6.45, 7) is 2.66. The Morgan fingerprint density at radius 3 is 2.65 bits per heavy atom. The number of hydrogen-bond acceptors (Lipinski definition) is 4. The number of carbonyl (C=O) groups is 1. The standard InChI is InChI=1S/C15H20N2O3/c16-14(18)11-1-3-12(4-2-11)20-13-9-15(19-10-13)5-7-17-8-6-15/h1-4,13,17H,5-10H2,(H2,16,18). The summed E-state index contributed by atoms with van der Waals surface area (Å²) in [7, 11) is 0. The molecule has 2 aliphatic heterocycles. The van der Waals surface area contributed by atoms with E-state index in [1.807, 2.05) is 0 Å². The van der Waals surface area contributed by atoms with E-state index in [2.05, 4.69) is 5.32 Å². The Bertz CT molecular complexity index is 480. The summed E-state index contributed by atoms with van der Waals surface area (Å²) in [5, 5.41) is 3.35. The number of rotatable bonds is 3. The Hall–Kier alpha value is -1.59. The highest BCUT2D eigenvalue weighted by Crippen LogP contribution is 2.35. The van der Waals surface area contributed by atoms with Crippen LogP contribution < -0.4 is 15.8 Å². The number of benzene rings is 1. The van der Waals surface area contributed by atoms with Gasteiger partial charge in [0.25, 0.3) is 0 Å². The second-order valence-electron chi connectivity index (χ2n) is 5.58. The lowest BCUT2D eigenvalue weighted by Crippen LogP contribution is -2.41. The molecule has 2 heterocycles. The predicted molar refractivity (Wildman–Crippen MR) is 74.8 cm³/mol. The third-order valence-electron chi connectivity index (χ3n) is 4.13. The van der Waals surface area contributed by atoms with E-state index in [-0.39, 0.29) is 11.7 Å². The van der Waals surface area contributed by atoms with Crippen molar-refractivity contribution in [3.05, 3.63) is 29.8 Å². The predicted octanol–water partition coefficient (Wildman–Crippen LogP) is 1.08. The maximum Gasteiger partial charge on any atom is 0.248 e. The van der Waals surface area contributed by atoms with Gasteiger partial charge < -0.3 is 20.5 Å². The van der Waals surface area contributed by atoms with Crippen molar-refractivity contribution in [1.29, 1.82) is 0 Å². The molecule has 0 aliphatic carbocycles. The van der Waals surface area contributed by atoms with Gasteiger partial charge in [-0.3, -0.25) is 4.79 Å². The van der Waals surface area contributed by atoms with Crippen LogP contribution in [0, 0.1) is 0 Å². The lowest BCUT2D eigenvalue weighted by Gasteiger charge is -2.32. The highest BCUT2D eigenvalue weighted by molar-refractivity contribution is 5.92. The molecular formula is C15H20N2O3. The van der Waals surface area contributed by atoms with Crippen molar-refractivity contribution in [1.82, 2.24) is 5.32 Å². The zero-order chi connectivity index (χ0) is 14.0. The first-order valence-electron chi connectivity index (χ1n) is 7.08. The van der Waals surface area contributed by atoms with Gasteiger partial charge in [-0.15, -0.1) is 0 Å². The molecule has 5 nitrogen and oxygen atoms in total. The van der Waals surface area contributed by atoms with Crippen LogP contribution in [0.4, 0.5) is 0 Å². The first-order chi connectivity index (χ1) is 9.67. The number of hydrogen-bond donors (Lipinski definition) is 2. The third kappa shape index (κ3) is 2.78. The lowest BCUT2D eigenvalue weighted by atomic mass is 9.89. The van der Waals surface area contributed by atoms with Gasteiger partial charge >= 0.3 is 0 Å². The van der Waals surface area contributed by atoms with Crippen molar-refractivity contribution in [3.63, 3.8) is 0 Å². The van der Waals surface area contributed by atoms with Crippen molar-refractivity contribution >= 4 is 5.91 Å². The van der Waals surface area contributed by atoms with Crippen molar-refractivity contribution in [3.8, 4) is 5.75 Å². The number of ether oxygens (including phenoxy) is 2. The zero-order valence-corrected chi connectivity index (χ0v) is 11.4. The summed E-state index contributed by atoms with van der Waals surface area (Å²) in [6.07, 6.45) is 3.13. The van der Waals surface area contributed by atoms with E-state index in [1.165, 1.54) is 0 Å². The summed E-state index contributed by atoms with van der Waals surface area (Å²) < 4.78 is 11.9. The number of carbonyl (C=O) groups excluding carboxylic acids is 1. The van der Waals surface area contributed by atoms with Crippen LogP contribution in [-0.4, -0.2) is 37.3 Å². The fourth-order valence-electron chi connectivity index (χ4n) is 3.00. The minimum absolute atomic E-state index is 0.00306. The number of nitrogens with two attached hydrogens (primary N) is 1. The van der Waals surface area contributed by atoms with E-state index < -0.39 is 5.91 Å². The molecule has 0 saturated carbocycles. The molecule has 1 amide bonds. The second-order valence-corrected chi connectivity index (χ2v) is 5.58. The summed E-state index contributed by atoms with van der Waals surface area (Å²) in [5.74, 6) is 0.337. The fraction of sp³-hybridized carbons (Fsp3) is 0.533. The molecular weight excluding hydrogens is 256 g/mol. The Morgan fingerprint density at radius 2 is 2.00 bits per heavy atom. The molecule has 2 aliphatic rings. The number of piperidine rings is 1. The Kier molecular flexibility index (Phi) is 3.63. The van der Waals surface area contributed by atoms with Crippen molar-refractivity contribution in [2.45, 2.75) is 31.0 Å². The normalized spacial score (nSPS) is 24.7. The van der Waals surface area contributed by atoms with E-state index >= 15 is 0 Å². The first-order valence-corrected chi connectivity index (χ1v) is 7.08. The summed E-state index contributed by atoms with van der Waals surface area (Å²) in [5.41, 5.74) is 5.71. The van der Waals surface area contributed by atoms with Crippen LogP contribution in [0.25, 0.3) is 0 Å². The quantitative estimate of drug-likeness (QED) is 0.866. The van der Waals surface area contributed by atoms with Crippen LogP contribution >= 0.6 is 0 Å². The van der Waals surface area contributed by atoms with E-state index in [0.29, 0.717) is 12.2 Å². The molecule has 3 rings (SSSR count). The van der Waals surface area contributed by atoms with Crippen LogP contribution in [0.1, 0.15) is 29.6 Å². The van der Waals surface area contributed by atoms with Crippen molar-refractivity contribution in [2.24, 2.45) is 5.73 Å².